The van der Waals surface area contributed by atoms with E-state index in [1.54, 1.807) is 0 Å². The predicted molar refractivity (Wildman–Crippen MR) is 65.4 cm³/mol. The fraction of sp³-hybridized carbons (Fsp3) is 0.692. The average molecular weight is 219 g/mol. The van der Waals surface area contributed by atoms with Crippen molar-refractivity contribution in [3.05, 3.63) is 23.8 Å². The van der Waals surface area contributed by atoms with Crippen molar-refractivity contribution in [2.75, 3.05) is 13.6 Å². The molecule has 1 fully saturated rings. The molecule has 0 amide bonds. The molecule has 3 heteroatoms. The summed E-state index contributed by atoms with van der Waals surface area (Å²) in [6, 6.07) is 2.04. The molecule has 1 heterocycles. The molecule has 3 nitrogen and oxygen atoms in total. The van der Waals surface area contributed by atoms with E-state index in [1.165, 1.54) is 18.5 Å². The van der Waals surface area contributed by atoms with Crippen LogP contribution in [0, 0.1) is 5.92 Å². The quantitative estimate of drug-likeness (QED) is 0.822. The van der Waals surface area contributed by atoms with Crippen LogP contribution in [-0.2, 0) is 11.8 Å². The van der Waals surface area contributed by atoms with E-state index in [4.69, 9.17) is 4.98 Å². The highest BCUT2D eigenvalue weighted by Crippen LogP contribution is 2.45. The Labute approximate surface area is 97.7 Å². The molecular weight excluding hydrogens is 198 g/mol. The lowest BCUT2D eigenvalue weighted by Crippen LogP contribution is -2.26. The van der Waals surface area contributed by atoms with Crippen molar-refractivity contribution in [1.82, 2.24) is 15.3 Å². The van der Waals surface area contributed by atoms with E-state index in [2.05, 4.69) is 24.1 Å². The molecule has 2 rings (SSSR count). The van der Waals surface area contributed by atoms with Crippen LogP contribution in [0.25, 0.3) is 0 Å². The van der Waals surface area contributed by atoms with E-state index in [1.807, 2.05) is 19.3 Å². The van der Waals surface area contributed by atoms with Crippen LogP contribution in [0.3, 0.4) is 0 Å². The minimum Gasteiger partial charge on any atom is -0.319 e. The SMILES string of the molecule is CNCC1(c2nccc(CC(C)C)n2)CC1. The summed E-state index contributed by atoms with van der Waals surface area (Å²) in [5, 5.41) is 3.25. The fourth-order valence-corrected chi connectivity index (χ4v) is 2.15. The molecule has 0 saturated heterocycles. The van der Waals surface area contributed by atoms with Gasteiger partial charge >= 0.3 is 0 Å². The van der Waals surface area contributed by atoms with Crippen LogP contribution >= 0.6 is 0 Å². The van der Waals surface area contributed by atoms with Crippen molar-refractivity contribution in [3.63, 3.8) is 0 Å². The number of aromatic nitrogens is 2. The van der Waals surface area contributed by atoms with E-state index < -0.39 is 0 Å². The Morgan fingerprint density at radius 3 is 2.75 bits per heavy atom. The molecule has 0 atom stereocenters. The van der Waals surface area contributed by atoms with Gasteiger partial charge < -0.3 is 5.32 Å². The Hall–Kier alpha value is -0.960. The van der Waals surface area contributed by atoms with Gasteiger partial charge in [0.1, 0.15) is 5.82 Å². The fourth-order valence-electron chi connectivity index (χ4n) is 2.15. The molecule has 1 N–H and O–H groups in total. The lowest BCUT2D eigenvalue weighted by molar-refractivity contribution is 0.573. The van der Waals surface area contributed by atoms with Crippen LogP contribution < -0.4 is 5.32 Å². The Morgan fingerprint density at radius 1 is 1.44 bits per heavy atom. The van der Waals surface area contributed by atoms with E-state index >= 15 is 0 Å². The molecule has 1 aliphatic rings. The minimum atomic E-state index is 0.238. The van der Waals surface area contributed by atoms with Gasteiger partial charge in [0.05, 0.1) is 0 Å². The monoisotopic (exact) mass is 219 g/mol. The summed E-state index contributed by atoms with van der Waals surface area (Å²) in [4.78, 5) is 9.16. The highest BCUT2D eigenvalue weighted by Gasteiger charge is 2.46. The molecule has 0 aliphatic heterocycles. The first-order valence-corrected chi connectivity index (χ1v) is 6.13. The number of likely N-dealkylation sites (N-methyl/N-ethyl adjacent to an activating group) is 1. The second-order valence-corrected chi connectivity index (χ2v) is 5.28. The largest absolute Gasteiger partial charge is 0.319 e. The molecule has 0 aromatic carbocycles. The Balaban J connectivity index is 2.16. The zero-order valence-electron chi connectivity index (χ0n) is 10.5. The third-order valence-corrected chi connectivity index (χ3v) is 3.17. The van der Waals surface area contributed by atoms with Crippen molar-refractivity contribution in [2.24, 2.45) is 5.92 Å². The molecule has 1 aromatic rings. The van der Waals surface area contributed by atoms with E-state index in [9.17, 15) is 0 Å². The van der Waals surface area contributed by atoms with Crippen LogP contribution in [-0.4, -0.2) is 23.6 Å². The number of hydrogen-bond acceptors (Lipinski definition) is 3. The number of rotatable bonds is 5. The molecule has 1 saturated carbocycles. The topological polar surface area (TPSA) is 37.8 Å². The maximum absolute atomic E-state index is 4.71. The van der Waals surface area contributed by atoms with Gasteiger partial charge in [-0.3, -0.25) is 0 Å². The molecule has 0 spiro atoms. The molecule has 0 radical (unpaired) electrons. The first-order chi connectivity index (χ1) is 7.66. The van der Waals surface area contributed by atoms with Crippen LogP contribution in [0.1, 0.15) is 38.2 Å². The summed E-state index contributed by atoms with van der Waals surface area (Å²) in [6.07, 6.45) is 5.40. The standard InChI is InChI=1S/C13H21N3/c1-10(2)8-11-4-7-15-12(16-11)13(5-6-13)9-14-3/h4,7,10,14H,5-6,8-9H2,1-3H3. The van der Waals surface area contributed by atoms with Crippen molar-refractivity contribution in [2.45, 2.75) is 38.5 Å². The predicted octanol–water partition coefficient (Wildman–Crippen LogP) is 1.93. The van der Waals surface area contributed by atoms with E-state index in [-0.39, 0.29) is 5.41 Å². The molecule has 0 bridgehead atoms. The zero-order chi connectivity index (χ0) is 11.6. The average Bonchev–Trinajstić information content (AvgIpc) is 2.99. The smallest absolute Gasteiger partial charge is 0.135 e. The van der Waals surface area contributed by atoms with Crippen LogP contribution in [0.4, 0.5) is 0 Å². The molecule has 16 heavy (non-hydrogen) atoms. The molecule has 1 aromatic heterocycles. The number of hydrogen-bond donors (Lipinski definition) is 1. The first-order valence-electron chi connectivity index (χ1n) is 6.13. The maximum atomic E-state index is 4.71. The van der Waals surface area contributed by atoms with E-state index in [0.29, 0.717) is 5.92 Å². The summed E-state index contributed by atoms with van der Waals surface area (Å²) in [5.74, 6) is 1.70. The van der Waals surface area contributed by atoms with Crippen LogP contribution in [0.15, 0.2) is 12.3 Å². The molecule has 0 unspecified atom stereocenters. The van der Waals surface area contributed by atoms with Gasteiger partial charge in [0, 0.05) is 23.9 Å². The van der Waals surface area contributed by atoms with Gasteiger partial charge in [-0.15, -0.1) is 0 Å². The second-order valence-electron chi connectivity index (χ2n) is 5.28. The van der Waals surface area contributed by atoms with Gasteiger partial charge in [0.15, 0.2) is 0 Å². The van der Waals surface area contributed by atoms with Gasteiger partial charge in [0.25, 0.3) is 0 Å². The summed E-state index contributed by atoms with van der Waals surface area (Å²) in [6.45, 7) is 5.45. The Kier molecular flexibility index (Phi) is 3.24. The molecule has 1 aliphatic carbocycles. The molecule has 88 valence electrons. The van der Waals surface area contributed by atoms with Crippen LogP contribution in [0.2, 0.25) is 0 Å². The summed E-state index contributed by atoms with van der Waals surface area (Å²) in [5.41, 5.74) is 1.42. The highest BCUT2D eigenvalue weighted by atomic mass is 15.0. The minimum absolute atomic E-state index is 0.238. The number of nitrogens with zero attached hydrogens (tertiary/aromatic N) is 2. The number of nitrogens with one attached hydrogen (secondary N) is 1. The van der Waals surface area contributed by atoms with Gasteiger partial charge in [-0.05, 0) is 38.3 Å². The van der Waals surface area contributed by atoms with Crippen molar-refractivity contribution in [1.29, 1.82) is 0 Å². The van der Waals surface area contributed by atoms with Gasteiger partial charge in [-0.1, -0.05) is 13.8 Å². The third kappa shape index (κ3) is 2.40. The Morgan fingerprint density at radius 2 is 2.19 bits per heavy atom. The lowest BCUT2D eigenvalue weighted by Gasteiger charge is -2.14. The van der Waals surface area contributed by atoms with Crippen molar-refractivity contribution in [3.8, 4) is 0 Å². The first kappa shape index (κ1) is 11.5. The second kappa shape index (κ2) is 4.50. The van der Waals surface area contributed by atoms with E-state index in [0.717, 1.165) is 18.8 Å². The van der Waals surface area contributed by atoms with Gasteiger partial charge in [-0.2, -0.15) is 0 Å². The van der Waals surface area contributed by atoms with Crippen LogP contribution in [0.5, 0.6) is 0 Å². The van der Waals surface area contributed by atoms with Crippen molar-refractivity contribution < 1.29 is 0 Å². The third-order valence-electron chi connectivity index (χ3n) is 3.17. The summed E-state index contributed by atoms with van der Waals surface area (Å²) >= 11 is 0. The summed E-state index contributed by atoms with van der Waals surface area (Å²) < 4.78 is 0. The lowest BCUT2D eigenvalue weighted by atomic mass is 10.0. The zero-order valence-corrected chi connectivity index (χ0v) is 10.5. The highest BCUT2D eigenvalue weighted by molar-refractivity contribution is 5.20. The maximum Gasteiger partial charge on any atom is 0.135 e. The van der Waals surface area contributed by atoms with Gasteiger partial charge in [0.2, 0.25) is 0 Å². The van der Waals surface area contributed by atoms with Gasteiger partial charge in [-0.25, -0.2) is 9.97 Å². The molecular formula is C13H21N3. The van der Waals surface area contributed by atoms with Crippen molar-refractivity contribution >= 4 is 0 Å². The normalized spacial score (nSPS) is 17.8. The summed E-state index contributed by atoms with van der Waals surface area (Å²) in [7, 11) is 2.00. The Bertz CT molecular complexity index is 356.